The second-order valence-electron chi connectivity index (χ2n) is 4.41. The van der Waals surface area contributed by atoms with Crippen molar-refractivity contribution in [3.8, 4) is 0 Å². The van der Waals surface area contributed by atoms with Crippen LogP contribution in [0.2, 0.25) is 0 Å². The Morgan fingerprint density at radius 3 is 3.05 bits per heavy atom. The highest BCUT2D eigenvalue weighted by molar-refractivity contribution is 14.1. The van der Waals surface area contributed by atoms with E-state index in [1.807, 2.05) is 6.20 Å². The van der Waals surface area contributed by atoms with E-state index in [0.29, 0.717) is 11.5 Å². The monoisotopic (exact) mass is 378 g/mol. The molecule has 19 heavy (non-hydrogen) atoms. The van der Waals surface area contributed by atoms with Crippen LogP contribution >= 0.6 is 22.6 Å². The predicted molar refractivity (Wildman–Crippen MR) is 75.2 cm³/mol. The number of aromatic nitrogens is 3. The minimum atomic E-state index is -1.18. The first-order chi connectivity index (χ1) is 9.11. The van der Waals surface area contributed by atoms with Gasteiger partial charge in [-0.15, -0.1) is 0 Å². The number of rotatable bonds is 2. The van der Waals surface area contributed by atoms with Crippen LogP contribution in [0.25, 0.3) is 11.0 Å². The summed E-state index contributed by atoms with van der Waals surface area (Å²) in [6, 6.07) is 0. The van der Waals surface area contributed by atoms with Gasteiger partial charge in [0.2, 0.25) is 0 Å². The first-order valence-electron chi connectivity index (χ1n) is 5.78. The smallest absolute Gasteiger partial charge is 0.148 e. The summed E-state index contributed by atoms with van der Waals surface area (Å²) in [6.45, 7) is -0.328. The highest BCUT2D eigenvalue weighted by Gasteiger charge is 2.36. The highest BCUT2D eigenvalue weighted by Crippen LogP contribution is 2.35. The van der Waals surface area contributed by atoms with Gasteiger partial charge in [-0.1, -0.05) is 0 Å². The third-order valence-corrected chi connectivity index (χ3v) is 4.06. The summed E-state index contributed by atoms with van der Waals surface area (Å²) in [5.41, 5.74) is 6.44. The Morgan fingerprint density at radius 2 is 2.37 bits per heavy atom. The lowest BCUT2D eigenvalue weighted by Gasteiger charge is -2.14. The number of hydrogen-bond donors (Lipinski definition) is 2. The molecule has 3 atom stereocenters. The summed E-state index contributed by atoms with van der Waals surface area (Å²) in [7, 11) is 0. The average Bonchev–Trinajstić information content (AvgIpc) is 2.91. The van der Waals surface area contributed by atoms with Crippen molar-refractivity contribution in [3.63, 3.8) is 0 Å². The van der Waals surface area contributed by atoms with E-state index in [9.17, 15) is 4.39 Å². The molecular formula is C11H12FIN4O2. The molecule has 1 aliphatic heterocycles. The van der Waals surface area contributed by atoms with Crippen molar-refractivity contribution in [2.45, 2.75) is 24.9 Å². The van der Waals surface area contributed by atoms with Crippen molar-refractivity contribution in [2.75, 3.05) is 12.3 Å². The number of fused-ring (bicyclic) bond motifs is 1. The summed E-state index contributed by atoms with van der Waals surface area (Å²) in [6.07, 6.45) is 0.939. The first-order valence-corrected chi connectivity index (χ1v) is 6.86. The molecule has 0 aromatic carbocycles. The Bertz CT molecular complexity index is 620. The molecule has 0 bridgehead atoms. The number of nitrogens with two attached hydrogens (primary N) is 1. The molecule has 1 fully saturated rings. The SMILES string of the molecule is Nc1ncnc2c1c(I)cn2C1CC(F)C(CO)O1. The van der Waals surface area contributed by atoms with E-state index in [1.165, 1.54) is 6.33 Å². The first kappa shape index (κ1) is 13.0. The zero-order chi connectivity index (χ0) is 13.6. The number of anilines is 1. The normalized spacial score (nSPS) is 27.2. The number of halogens is 2. The molecule has 0 spiro atoms. The van der Waals surface area contributed by atoms with Crippen LogP contribution in [-0.4, -0.2) is 38.5 Å². The van der Waals surface area contributed by atoms with Gasteiger partial charge in [0.25, 0.3) is 0 Å². The third kappa shape index (κ3) is 2.07. The van der Waals surface area contributed by atoms with Crippen LogP contribution in [0.5, 0.6) is 0 Å². The molecule has 8 heteroatoms. The lowest BCUT2D eigenvalue weighted by molar-refractivity contribution is -0.0321. The number of aliphatic hydroxyl groups is 1. The Morgan fingerprint density at radius 1 is 1.58 bits per heavy atom. The second kappa shape index (κ2) is 4.84. The van der Waals surface area contributed by atoms with E-state index in [4.69, 9.17) is 15.6 Å². The van der Waals surface area contributed by atoms with Gasteiger partial charge in [0, 0.05) is 16.2 Å². The van der Waals surface area contributed by atoms with Gasteiger partial charge in [0.1, 0.15) is 36.3 Å². The molecule has 2 aromatic heterocycles. The van der Waals surface area contributed by atoms with Crippen LogP contribution < -0.4 is 5.73 Å². The average molecular weight is 378 g/mol. The maximum Gasteiger partial charge on any atom is 0.148 e. The zero-order valence-electron chi connectivity index (χ0n) is 9.83. The van der Waals surface area contributed by atoms with Crippen molar-refractivity contribution >= 4 is 39.4 Å². The third-order valence-electron chi connectivity index (χ3n) is 3.24. The fourth-order valence-corrected chi connectivity index (χ4v) is 3.12. The van der Waals surface area contributed by atoms with E-state index in [1.54, 1.807) is 4.57 Å². The van der Waals surface area contributed by atoms with E-state index >= 15 is 0 Å². The van der Waals surface area contributed by atoms with Crippen molar-refractivity contribution in [3.05, 3.63) is 16.1 Å². The topological polar surface area (TPSA) is 86.2 Å². The van der Waals surface area contributed by atoms with E-state index in [0.717, 1.165) is 8.96 Å². The molecule has 6 nitrogen and oxygen atoms in total. The van der Waals surface area contributed by atoms with Gasteiger partial charge in [0.05, 0.1) is 12.0 Å². The largest absolute Gasteiger partial charge is 0.394 e. The van der Waals surface area contributed by atoms with Gasteiger partial charge < -0.3 is 20.1 Å². The summed E-state index contributed by atoms with van der Waals surface area (Å²) in [5.74, 6) is 0.390. The number of nitrogens with zero attached hydrogens (tertiary/aromatic N) is 3. The van der Waals surface area contributed by atoms with Gasteiger partial charge in [-0.2, -0.15) is 0 Å². The Hall–Kier alpha value is -1.00. The summed E-state index contributed by atoms with van der Waals surface area (Å²) < 4.78 is 21.8. The standard InChI is InChI=1S/C11H12FIN4O2/c12-5-1-8(19-7(5)3-18)17-2-6(13)9-10(14)15-4-16-11(9)17/h2,4-5,7-8,18H,1,3H2,(H2,14,15,16). The van der Waals surface area contributed by atoms with Crippen LogP contribution in [0.15, 0.2) is 12.5 Å². The summed E-state index contributed by atoms with van der Waals surface area (Å²) in [4.78, 5) is 8.13. The maximum atomic E-state index is 13.7. The maximum absolute atomic E-state index is 13.7. The molecule has 3 rings (SSSR count). The van der Waals surface area contributed by atoms with Gasteiger partial charge >= 0.3 is 0 Å². The molecule has 1 aliphatic rings. The minimum Gasteiger partial charge on any atom is -0.394 e. The molecule has 3 heterocycles. The van der Waals surface area contributed by atoms with Gasteiger partial charge in [-0.25, -0.2) is 14.4 Å². The minimum absolute atomic E-state index is 0.189. The molecule has 3 unspecified atom stereocenters. The van der Waals surface area contributed by atoms with Crippen molar-refractivity contribution in [2.24, 2.45) is 0 Å². The lowest BCUT2D eigenvalue weighted by Crippen LogP contribution is -2.21. The highest BCUT2D eigenvalue weighted by atomic mass is 127. The molecule has 0 aliphatic carbocycles. The van der Waals surface area contributed by atoms with Crippen molar-refractivity contribution in [1.82, 2.24) is 14.5 Å². The van der Waals surface area contributed by atoms with E-state index in [2.05, 4.69) is 32.6 Å². The summed E-state index contributed by atoms with van der Waals surface area (Å²) >= 11 is 2.13. The van der Waals surface area contributed by atoms with Crippen LogP contribution in [0.1, 0.15) is 12.6 Å². The molecular weight excluding hydrogens is 366 g/mol. The summed E-state index contributed by atoms with van der Waals surface area (Å²) in [5, 5.41) is 9.79. The molecule has 0 saturated carbocycles. The molecule has 0 radical (unpaired) electrons. The van der Waals surface area contributed by atoms with Gasteiger partial charge in [-0.3, -0.25) is 0 Å². The van der Waals surface area contributed by atoms with Crippen molar-refractivity contribution < 1.29 is 14.2 Å². The lowest BCUT2D eigenvalue weighted by atomic mass is 10.2. The number of ether oxygens (including phenoxy) is 1. The number of hydrogen-bond acceptors (Lipinski definition) is 5. The zero-order valence-corrected chi connectivity index (χ0v) is 12.0. The number of alkyl halides is 1. The Kier molecular flexibility index (Phi) is 3.31. The molecule has 102 valence electrons. The fraction of sp³-hybridized carbons (Fsp3) is 0.455. The van der Waals surface area contributed by atoms with Crippen LogP contribution in [0, 0.1) is 3.57 Å². The molecule has 3 N–H and O–H groups in total. The van der Waals surface area contributed by atoms with Crippen molar-refractivity contribution in [1.29, 1.82) is 0 Å². The van der Waals surface area contributed by atoms with E-state index < -0.39 is 18.5 Å². The van der Waals surface area contributed by atoms with Crippen LogP contribution in [0.3, 0.4) is 0 Å². The van der Waals surface area contributed by atoms with Crippen LogP contribution in [0.4, 0.5) is 10.2 Å². The number of nitrogen functional groups attached to an aromatic ring is 1. The molecule has 1 saturated heterocycles. The molecule has 0 amide bonds. The number of aliphatic hydroxyl groups excluding tert-OH is 1. The second-order valence-corrected chi connectivity index (χ2v) is 5.57. The Balaban J connectivity index is 2.05. The fourth-order valence-electron chi connectivity index (χ4n) is 2.31. The van der Waals surface area contributed by atoms with Gasteiger partial charge in [0.15, 0.2) is 0 Å². The predicted octanol–water partition coefficient (Wildman–Crippen LogP) is 1.24. The Labute approximate surface area is 121 Å². The van der Waals surface area contributed by atoms with Gasteiger partial charge in [-0.05, 0) is 22.6 Å². The van der Waals surface area contributed by atoms with E-state index in [-0.39, 0.29) is 13.0 Å². The molecule has 2 aromatic rings. The van der Waals surface area contributed by atoms with Crippen LogP contribution in [-0.2, 0) is 4.74 Å². The quantitative estimate of drug-likeness (QED) is 0.768.